The lowest BCUT2D eigenvalue weighted by molar-refractivity contribution is -0.132. The zero-order valence-corrected chi connectivity index (χ0v) is 7.35. The molecule has 5 heteroatoms. The second-order valence-electron chi connectivity index (χ2n) is 2.68. The van der Waals surface area contributed by atoms with E-state index < -0.39 is 23.6 Å². The maximum atomic E-state index is 12.7. The smallest absolute Gasteiger partial charge is 0.331 e. The number of allylic oxidation sites excluding steroid dienone is 1. The van der Waals surface area contributed by atoms with E-state index >= 15 is 0 Å². The standard InChI is InChI=1S/C8H11F3O2/c1-3-6(9)8(10,11)4-5(2)7(12)13/h4,6H,3H2,1-2H3,(H,12,13)/b5-4+. The van der Waals surface area contributed by atoms with Crippen molar-refractivity contribution in [2.45, 2.75) is 32.4 Å². The van der Waals surface area contributed by atoms with Crippen molar-refractivity contribution in [3.63, 3.8) is 0 Å². The summed E-state index contributed by atoms with van der Waals surface area (Å²) in [6.07, 6.45) is -2.54. The van der Waals surface area contributed by atoms with Gasteiger partial charge in [0.25, 0.3) is 5.92 Å². The summed E-state index contributed by atoms with van der Waals surface area (Å²) < 4.78 is 38.0. The summed E-state index contributed by atoms with van der Waals surface area (Å²) in [4.78, 5) is 10.2. The number of hydrogen-bond donors (Lipinski definition) is 1. The van der Waals surface area contributed by atoms with E-state index in [0.29, 0.717) is 0 Å². The van der Waals surface area contributed by atoms with Gasteiger partial charge in [0.1, 0.15) is 0 Å². The minimum Gasteiger partial charge on any atom is -0.478 e. The normalized spacial score (nSPS) is 15.6. The molecule has 0 rings (SSSR count). The molecule has 76 valence electrons. The third-order valence-corrected chi connectivity index (χ3v) is 1.52. The fourth-order valence-electron chi connectivity index (χ4n) is 0.713. The predicted octanol–water partition coefficient (Wildman–Crippen LogP) is 2.40. The van der Waals surface area contributed by atoms with Crippen LogP contribution in [0.2, 0.25) is 0 Å². The summed E-state index contributed by atoms with van der Waals surface area (Å²) in [6.45, 7) is 2.27. The highest BCUT2D eigenvalue weighted by molar-refractivity contribution is 5.85. The highest BCUT2D eigenvalue weighted by Gasteiger charge is 2.36. The summed E-state index contributed by atoms with van der Waals surface area (Å²) in [5.41, 5.74) is -0.555. The minimum absolute atomic E-state index is 0.142. The lowest BCUT2D eigenvalue weighted by Crippen LogP contribution is -2.27. The summed E-state index contributed by atoms with van der Waals surface area (Å²) in [6, 6.07) is 0. The van der Waals surface area contributed by atoms with Gasteiger partial charge in [0.2, 0.25) is 0 Å². The molecule has 0 aliphatic rings. The van der Waals surface area contributed by atoms with E-state index in [1.807, 2.05) is 0 Å². The molecule has 0 amide bonds. The SMILES string of the molecule is CCC(F)C(F)(F)/C=C(\C)C(=O)O. The van der Waals surface area contributed by atoms with Gasteiger partial charge in [-0.2, -0.15) is 8.78 Å². The van der Waals surface area contributed by atoms with Gasteiger partial charge >= 0.3 is 5.97 Å². The number of carbonyl (C=O) groups is 1. The number of hydrogen-bond acceptors (Lipinski definition) is 1. The first-order chi connectivity index (χ1) is 5.81. The van der Waals surface area contributed by atoms with Crippen LogP contribution in [0, 0.1) is 0 Å². The van der Waals surface area contributed by atoms with Crippen LogP contribution in [0.5, 0.6) is 0 Å². The second-order valence-corrected chi connectivity index (χ2v) is 2.68. The van der Waals surface area contributed by atoms with Crippen LogP contribution in [0.1, 0.15) is 20.3 Å². The molecule has 0 aliphatic heterocycles. The first-order valence-electron chi connectivity index (χ1n) is 3.76. The Labute approximate surface area is 74.1 Å². The summed E-state index contributed by atoms with van der Waals surface area (Å²) in [5.74, 6) is -5.17. The number of halogens is 3. The van der Waals surface area contributed by atoms with Crippen LogP contribution in [0.4, 0.5) is 13.2 Å². The molecule has 1 N–H and O–H groups in total. The molecule has 0 aromatic carbocycles. The van der Waals surface area contributed by atoms with Crippen molar-refractivity contribution < 1.29 is 23.1 Å². The molecule has 0 aromatic rings. The molecule has 2 nitrogen and oxygen atoms in total. The Bertz CT molecular complexity index is 223. The van der Waals surface area contributed by atoms with Gasteiger partial charge in [0, 0.05) is 5.57 Å². The lowest BCUT2D eigenvalue weighted by Gasteiger charge is -2.15. The van der Waals surface area contributed by atoms with E-state index in [4.69, 9.17) is 5.11 Å². The van der Waals surface area contributed by atoms with E-state index in [9.17, 15) is 18.0 Å². The Kier molecular flexibility index (Phi) is 3.97. The van der Waals surface area contributed by atoms with E-state index in [-0.39, 0.29) is 12.5 Å². The monoisotopic (exact) mass is 196 g/mol. The molecule has 0 spiro atoms. The molecular weight excluding hydrogens is 185 g/mol. The topological polar surface area (TPSA) is 37.3 Å². The number of carboxylic acids is 1. The highest BCUT2D eigenvalue weighted by atomic mass is 19.3. The molecule has 1 unspecified atom stereocenters. The van der Waals surface area contributed by atoms with Crippen LogP contribution in [0.25, 0.3) is 0 Å². The third kappa shape index (κ3) is 3.48. The molecule has 0 aromatic heterocycles. The Hall–Kier alpha value is -1.00. The second kappa shape index (κ2) is 4.30. The van der Waals surface area contributed by atoms with Crippen LogP contribution in [0.15, 0.2) is 11.6 Å². The number of rotatable bonds is 4. The van der Waals surface area contributed by atoms with E-state index in [2.05, 4.69) is 0 Å². The van der Waals surface area contributed by atoms with E-state index in [0.717, 1.165) is 6.92 Å². The van der Waals surface area contributed by atoms with Crippen molar-refractivity contribution >= 4 is 5.97 Å². The van der Waals surface area contributed by atoms with Crippen molar-refractivity contribution in [3.05, 3.63) is 11.6 Å². The Morgan fingerprint density at radius 1 is 1.62 bits per heavy atom. The van der Waals surface area contributed by atoms with E-state index in [1.54, 1.807) is 0 Å². The lowest BCUT2D eigenvalue weighted by atomic mass is 10.1. The van der Waals surface area contributed by atoms with E-state index in [1.165, 1.54) is 6.92 Å². The molecule has 0 aliphatic carbocycles. The molecule has 0 bridgehead atoms. The van der Waals surface area contributed by atoms with Crippen molar-refractivity contribution in [1.82, 2.24) is 0 Å². The van der Waals surface area contributed by atoms with Crippen LogP contribution in [0.3, 0.4) is 0 Å². The van der Waals surface area contributed by atoms with Crippen LogP contribution < -0.4 is 0 Å². The molecule has 0 heterocycles. The number of aliphatic carboxylic acids is 1. The van der Waals surface area contributed by atoms with Crippen molar-refractivity contribution in [2.24, 2.45) is 0 Å². The predicted molar refractivity (Wildman–Crippen MR) is 41.5 cm³/mol. The van der Waals surface area contributed by atoms with Gasteiger partial charge in [0.15, 0.2) is 6.17 Å². The van der Waals surface area contributed by atoms with Gasteiger partial charge in [-0.15, -0.1) is 0 Å². The first kappa shape index (κ1) is 12.0. The number of carboxylic acid groups (broad SMARTS) is 1. The number of alkyl halides is 3. The largest absolute Gasteiger partial charge is 0.478 e. The molecule has 13 heavy (non-hydrogen) atoms. The fourth-order valence-corrected chi connectivity index (χ4v) is 0.713. The van der Waals surface area contributed by atoms with Crippen molar-refractivity contribution in [2.75, 3.05) is 0 Å². The highest BCUT2D eigenvalue weighted by Crippen LogP contribution is 2.26. The molecule has 0 radical (unpaired) electrons. The van der Waals surface area contributed by atoms with Gasteiger partial charge in [-0.1, -0.05) is 6.92 Å². The summed E-state index contributed by atoms with van der Waals surface area (Å²) in [7, 11) is 0. The Morgan fingerprint density at radius 3 is 2.38 bits per heavy atom. The van der Waals surface area contributed by atoms with Crippen molar-refractivity contribution in [3.8, 4) is 0 Å². The van der Waals surface area contributed by atoms with Crippen LogP contribution in [-0.2, 0) is 4.79 Å². The average molecular weight is 196 g/mol. The zero-order chi connectivity index (χ0) is 10.6. The quantitative estimate of drug-likeness (QED) is 0.701. The third-order valence-electron chi connectivity index (χ3n) is 1.52. The van der Waals surface area contributed by atoms with Gasteiger partial charge in [-0.3, -0.25) is 0 Å². The van der Waals surface area contributed by atoms with Crippen molar-refractivity contribution in [1.29, 1.82) is 0 Å². The Morgan fingerprint density at radius 2 is 2.08 bits per heavy atom. The molecular formula is C8H11F3O2. The maximum absolute atomic E-state index is 12.7. The molecule has 0 saturated carbocycles. The van der Waals surface area contributed by atoms with Crippen LogP contribution >= 0.6 is 0 Å². The van der Waals surface area contributed by atoms with Gasteiger partial charge < -0.3 is 5.11 Å². The van der Waals surface area contributed by atoms with Gasteiger partial charge in [-0.25, -0.2) is 9.18 Å². The minimum atomic E-state index is -3.70. The molecule has 0 fully saturated rings. The first-order valence-corrected chi connectivity index (χ1v) is 3.76. The Balaban J connectivity index is 4.66. The summed E-state index contributed by atoms with van der Waals surface area (Å²) >= 11 is 0. The van der Waals surface area contributed by atoms with Crippen LogP contribution in [-0.4, -0.2) is 23.2 Å². The molecule has 0 saturated heterocycles. The van der Waals surface area contributed by atoms with Gasteiger partial charge in [0.05, 0.1) is 0 Å². The average Bonchev–Trinajstić information content (AvgIpc) is 2.01. The maximum Gasteiger partial charge on any atom is 0.331 e. The van der Waals surface area contributed by atoms with Gasteiger partial charge in [-0.05, 0) is 19.4 Å². The zero-order valence-electron chi connectivity index (χ0n) is 7.35. The molecule has 1 atom stereocenters. The fraction of sp³-hybridized carbons (Fsp3) is 0.625. The summed E-state index contributed by atoms with van der Waals surface area (Å²) in [5, 5.41) is 8.28.